The SMILES string of the molecule is CC[C@@H](O)[C@@](C)(OCc1ccccc1)[C@@H]1OC(c2ccc(OC)cc2)O[C@H]([C@H](C)C(=O)[C@@](C)(OCc2ccccc2)[C@@H]2OC(c3ccc(OC)cc3)O[C@H]([C@@H](C)C(=O)O)[C@@H]2C)[C@@H]1C. The summed E-state index contributed by atoms with van der Waals surface area (Å²) in [4.78, 5) is 28.4. The molecule has 0 aliphatic carbocycles. The van der Waals surface area contributed by atoms with Crippen LogP contribution in [0.2, 0.25) is 0 Å². The number of ether oxygens (including phenoxy) is 8. The number of benzene rings is 4. The first-order valence-corrected chi connectivity index (χ1v) is 21.9. The average molecular weight is 869 g/mol. The second-order valence-corrected chi connectivity index (χ2v) is 17.3. The Morgan fingerprint density at radius 3 is 1.51 bits per heavy atom. The monoisotopic (exact) mass is 868 g/mol. The maximum absolute atomic E-state index is 15.8. The third-order valence-electron chi connectivity index (χ3n) is 13.1. The third-order valence-corrected chi connectivity index (χ3v) is 13.1. The highest BCUT2D eigenvalue weighted by Crippen LogP contribution is 2.47. The van der Waals surface area contributed by atoms with Crippen molar-refractivity contribution in [3.8, 4) is 11.5 Å². The highest BCUT2D eigenvalue weighted by atomic mass is 16.7. The van der Waals surface area contributed by atoms with Gasteiger partial charge in [-0.2, -0.15) is 0 Å². The van der Waals surface area contributed by atoms with Gasteiger partial charge >= 0.3 is 5.97 Å². The zero-order chi connectivity index (χ0) is 45.5. The molecule has 2 heterocycles. The van der Waals surface area contributed by atoms with Crippen LogP contribution in [0.25, 0.3) is 0 Å². The Bertz CT molecular complexity index is 2060. The van der Waals surface area contributed by atoms with E-state index < -0.39 is 83.9 Å². The molecule has 0 spiro atoms. The van der Waals surface area contributed by atoms with E-state index in [0.717, 1.165) is 11.1 Å². The van der Waals surface area contributed by atoms with Crippen LogP contribution in [0.4, 0.5) is 0 Å². The van der Waals surface area contributed by atoms with Crippen LogP contribution in [0.15, 0.2) is 109 Å². The number of rotatable bonds is 19. The molecule has 12 heteroatoms. The predicted molar refractivity (Wildman–Crippen MR) is 236 cm³/mol. The number of carbonyl (C=O) groups excluding carboxylic acids is 1. The number of Topliss-reactive ketones (excluding diaryl/α,β-unsaturated/α-hetero) is 1. The lowest BCUT2D eigenvalue weighted by Gasteiger charge is -2.52. The van der Waals surface area contributed by atoms with Crippen LogP contribution >= 0.6 is 0 Å². The van der Waals surface area contributed by atoms with Crippen molar-refractivity contribution in [2.45, 2.75) is 122 Å². The largest absolute Gasteiger partial charge is 0.497 e. The molecule has 4 aromatic rings. The molecule has 2 N–H and O–H groups in total. The van der Waals surface area contributed by atoms with Crippen LogP contribution in [0.5, 0.6) is 11.5 Å². The van der Waals surface area contributed by atoms with E-state index >= 15 is 4.79 Å². The molecule has 2 aliphatic heterocycles. The Kier molecular flexibility index (Phi) is 15.9. The fraction of sp³-hybridized carbons (Fsp3) is 0.490. The van der Waals surface area contributed by atoms with E-state index in [0.29, 0.717) is 29.0 Å². The first-order chi connectivity index (χ1) is 30.1. The molecule has 2 aliphatic rings. The number of aliphatic hydroxyl groups excluding tert-OH is 1. The van der Waals surface area contributed by atoms with E-state index in [9.17, 15) is 15.0 Å². The van der Waals surface area contributed by atoms with E-state index in [4.69, 9.17) is 37.9 Å². The molecule has 63 heavy (non-hydrogen) atoms. The molecule has 2 unspecified atom stereocenters. The lowest BCUT2D eigenvalue weighted by atomic mass is 9.72. The van der Waals surface area contributed by atoms with E-state index in [-0.39, 0.29) is 19.0 Å². The summed E-state index contributed by atoms with van der Waals surface area (Å²) in [5, 5.41) is 22.1. The summed E-state index contributed by atoms with van der Waals surface area (Å²) in [6, 6.07) is 33.8. The fourth-order valence-electron chi connectivity index (χ4n) is 9.16. The first-order valence-electron chi connectivity index (χ1n) is 21.9. The Hall–Kier alpha value is -4.66. The zero-order valence-electron chi connectivity index (χ0n) is 37.8. The molecule has 0 amide bonds. The standard InChI is InChI=1S/C51H64O12/c1-10-41(52)50(6,58-29-35-17-13-11-14-18-35)45-32(3)42(60-48(62-45)37-21-25-39(56-8)26-22-37)31(2)44(53)51(7,59-30-36-19-15-12-16-20-36)46-33(4)43(34(5)47(54)55)61-49(63-46)38-23-27-40(57-9)28-24-38/h11-28,31-34,41-43,45-46,48-49,52H,10,29-30H2,1-9H3,(H,54,55)/t31-,32-,33-,34+,41+,42+,43-,45+,46+,48?,49?,50+,51+/m0/s1. The lowest BCUT2D eigenvalue weighted by molar-refractivity contribution is -0.329. The van der Waals surface area contributed by atoms with Gasteiger partial charge in [0.2, 0.25) is 0 Å². The van der Waals surface area contributed by atoms with Gasteiger partial charge in [0.05, 0.1) is 57.8 Å². The number of carbonyl (C=O) groups is 2. The van der Waals surface area contributed by atoms with Crippen molar-refractivity contribution >= 4 is 11.8 Å². The number of carboxylic acids is 1. The van der Waals surface area contributed by atoms with Crippen molar-refractivity contribution in [3.63, 3.8) is 0 Å². The smallest absolute Gasteiger partial charge is 0.308 e. The molecule has 340 valence electrons. The number of ketones is 1. The molecule has 2 saturated heterocycles. The van der Waals surface area contributed by atoms with Gasteiger partial charge < -0.3 is 48.1 Å². The highest BCUT2D eigenvalue weighted by Gasteiger charge is 2.58. The average Bonchev–Trinajstić information content (AvgIpc) is 3.32. The van der Waals surface area contributed by atoms with Crippen molar-refractivity contribution in [1.82, 2.24) is 0 Å². The maximum atomic E-state index is 15.8. The van der Waals surface area contributed by atoms with Crippen LogP contribution < -0.4 is 9.47 Å². The van der Waals surface area contributed by atoms with Gasteiger partial charge in [0, 0.05) is 28.9 Å². The number of methoxy groups -OCH3 is 2. The van der Waals surface area contributed by atoms with E-state index in [2.05, 4.69) is 0 Å². The van der Waals surface area contributed by atoms with E-state index in [1.807, 2.05) is 120 Å². The molecule has 13 atom stereocenters. The van der Waals surface area contributed by atoms with Gasteiger partial charge in [-0.3, -0.25) is 9.59 Å². The number of aliphatic hydroxyl groups is 1. The molecule has 0 bridgehead atoms. The second-order valence-electron chi connectivity index (χ2n) is 17.3. The molecule has 2 fully saturated rings. The molecule has 12 nitrogen and oxygen atoms in total. The Labute approximate surface area is 371 Å². The Morgan fingerprint density at radius 1 is 0.635 bits per heavy atom. The molecule has 0 saturated carbocycles. The maximum Gasteiger partial charge on any atom is 0.308 e. The Balaban J connectivity index is 1.42. The molecule has 0 radical (unpaired) electrons. The van der Waals surface area contributed by atoms with Crippen LogP contribution in [0.3, 0.4) is 0 Å². The van der Waals surface area contributed by atoms with Crippen molar-refractivity contribution in [2.24, 2.45) is 23.7 Å². The Morgan fingerprint density at radius 2 is 1.06 bits per heavy atom. The van der Waals surface area contributed by atoms with Gasteiger partial charge in [0.25, 0.3) is 0 Å². The van der Waals surface area contributed by atoms with Gasteiger partial charge in [-0.25, -0.2) is 0 Å². The summed E-state index contributed by atoms with van der Waals surface area (Å²) >= 11 is 0. The van der Waals surface area contributed by atoms with Crippen LogP contribution in [0.1, 0.15) is 89.7 Å². The number of hydrogen-bond donors (Lipinski definition) is 2. The topological polar surface area (TPSA) is 148 Å². The summed E-state index contributed by atoms with van der Waals surface area (Å²) in [6.07, 6.45) is -6.00. The first kappa shape index (κ1) is 47.8. The van der Waals surface area contributed by atoms with Gasteiger partial charge in [-0.15, -0.1) is 0 Å². The van der Waals surface area contributed by atoms with Gasteiger partial charge in [-0.1, -0.05) is 113 Å². The summed E-state index contributed by atoms with van der Waals surface area (Å²) in [6.45, 7) is 13.0. The summed E-state index contributed by atoms with van der Waals surface area (Å²) < 4.78 is 51.5. The minimum Gasteiger partial charge on any atom is -0.497 e. The molecular formula is C51H64O12. The van der Waals surface area contributed by atoms with Crippen molar-refractivity contribution in [3.05, 3.63) is 131 Å². The molecular weight excluding hydrogens is 805 g/mol. The summed E-state index contributed by atoms with van der Waals surface area (Å²) in [7, 11) is 3.16. The summed E-state index contributed by atoms with van der Waals surface area (Å²) in [5.41, 5.74) is 0.141. The van der Waals surface area contributed by atoms with Gasteiger partial charge in [-0.05, 0) is 62.6 Å². The normalized spacial score (nSPS) is 27.2. The number of aliphatic carboxylic acids is 1. The van der Waals surface area contributed by atoms with Crippen molar-refractivity contribution in [2.75, 3.05) is 14.2 Å². The molecule has 0 aromatic heterocycles. The van der Waals surface area contributed by atoms with Gasteiger partial charge in [0.1, 0.15) is 23.2 Å². The van der Waals surface area contributed by atoms with Crippen molar-refractivity contribution in [1.29, 1.82) is 0 Å². The summed E-state index contributed by atoms with van der Waals surface area (Å²) in [5.74, 6) is -3.05. The fourth-order valence-corrected chi connectivity index (χ4v) is 9.16. The minimum absolute atomic E-state index is 0.0605. The highest BCUT2D eigenvalue weighted by molar-refractivity contribution is 5.90. The second kappa shape index (κ2) is 20.9. The van der Waals surface area contributed by atoms with Gasteiger partial charge in [0.15, 0.2) is 24.0 Å². The molecule has 6 rings (SSSR count). The quantitative estimate of drug-likeness (QED) is 0.0928. The van der Waals surface area contributed by atoms with E-state index in [1.54, 1.807) is 52.3 Å². The van der Waals surface area contributed by atoms with Crippen LogP contribution in [-0.2, 0) is 51.2 Å². The zero-order valence-corrected chi connectivity index (χ0v) is 37.8. The van der Waals surface area contributed by atoms with Crippen LogP contribution in [-0.4, -0.2) is 77.9 Å². The lowest BCUT2D eigenvalue weighted by Crippen LogP contribution is -2.64. The van der Waals surface area contributed by atoms with Crippen LogP contribution in [0, 0.1) is 23.7 Å². The minimum atomic E-state index is -1.68. The van der Waals surface area contributed by atoms with E-state index in [1.165, 1.54) is 0 Å². The third kappa shape index (κ3) is 10.5. The number of hydrogen-bond acceptors (Lipinski definition) is 11. The van der Waals surface area contributed by atoms with Crippen molar-refractivity contribution < 1.29 is 57.7 Å². The predicted octanol–water partition coefficient (Wildman–Crippen LogP) is 8.89. The number of carboxylic acid groups (broad SMARTS) is 1. The molecule has 4 aromatic carbocycles.